The van der Waals surface area contributed by atoms with Crippen molar-refractivity contribution in [2.45, 2.75) is 75.9 Å². The van der Waals surface area contributed by atoms with Crippen molar-refractivity contribution >= 4 is 46.5 Å². The monoisotopic (exact) mass is 732 g/mol. The fraction of sp³-hybridized carbons (Fsp3) is 0.333. The molecule has 3 aromatic carbocycles. The zero-order chi connectivity index (χ0) is 38.1. The highest BCUT2D eigenvalue weighted by Crippen LogP contribution is 2.32. The van der Waals surface area contributed by atoms with Gasteiger partial charge in [-0.1, -0.05) is 66.7 Å². The lowest BCUT2D eigenvalue weighted by Crippen LogP contribution is -2.62. The van der Waals surface area contributed by atoms with Crippen molar-refractivity contribution in [1.82, 2.24) is 25.0 Å². The number of para-hydroxylation sites is 1. The number of aliphatic imine (C=N–C) groups is 1. The van der Waals surface area contributed by atoms with Crippen LogP contribution in [0.2, 0.25) is 0 Å². The smallest absolute Gasteiger partial charge is 0.315 e. The van der Waals surface area contributed by atoms with Crippen molar-refractivity contribution in [3.63, 3.8) is 0 Å². The Morgan fingerprint density at radius 3 is 1.98 bits per heavy atom. The molecular formula is C39H44N10O5. The fourth-order valence-electron chi connectivity index (χ4n) is 8.08. The number of guanidine groups is 1. The highest BCUT2D eigenvalue weighted by Gasteiger charge is 2.44. The number of aromatic amines is 1. The van der Waals surface area contributed by atoms with E-state index in [9.17, 15) is 24.0 Å². The minimum absolute atomic E-state index is 0.0737. The lowest BCUT2D eigenvalue weighted by atomic mass is 9.89. The number of fused-ring (bicyclic) bond motifs is 5. The highest BCUT2D eigenvalue weighted by molar-refractivity contribution is 5.97. The average molecular weight is 733 g/mol. The van der Waals surface area contributed by atoms with E-state index in [1.807, 2.05) is 72.8 Å². The molecule has 1 unspecified atom stereocenters. The number of carbonyl (C=O) groups is 5. The normalized spacial score (nSPS) is 19.6. The summed E-state index contributed by atoms with van der Waals surface area (Å²) in [6.45, 7) is 0.537. The number of amides is 6. The van der Waals surface area contributed by atoms with E-state index >= 15 is 0 Å². The van der Waals surface area contributed by atoms with Crippen LogP contribution in [-0.4, -0.2) is 86.0 Å². The molecule has 4 atom stereocenters. The molecule has 15 nitrogen and oxygen atoms in total. The van der Waals surface area contributed by atoms with Gasteiger partial charge in [-0.3, -0.25) is 24.2 Å². The Kier molecular flexibility index (Phi) is 9.95. The van der Waals surface area contributed by atoms with Gasteiger partial charge in [0.05, 0.1) is 6.54 Å². The Bertz CT molecular complexity index is 2160. The Hall–Kier alpha value is -6.38. The number of primary amides is 2. The standard InChI is InChI=1S/C39H44N10O5/c40-34(50)31-18-27-26-12-5-6-13-28(26)45-30(27)21-48(31)36(52)29(14-7-15-44-38(41)42)46-35(51)32-16-22-8-1-3-10-24(22)19-47(32)37(53)33-17-23-9-2-4-11-25(23)20-49(33)39(43)54/h1-6,8-13,29,31-33,45H,7,14-21H2,(H2,40,50)(H2,43,54)(H,46,51)(H4,41,42,44)/t29-,31?,32+,33-/m0/s1. The van der Waals surface area contributed by atoms with Gasteiger partial charge in [0.2, 0.25) is 23.6 Å². The van der Waals surface area contributed by atoms with Crippen molar-refractivity contribution in [3.05, 3.63) is 106 Å². The lowest BCUT2D eigenvalue weighted by Gasteiger charge is -2.42. The van der Waals surface area contributed by atoms with Gasteiger partial charge >= 0.3 is 6.03 Å². The SMILES string of the molecule is NC(=O)C1Cc2c([nH]c3ccccc23)CN1C(=O)[C@H](CCCN=C(N)N)NC(=O)[C@H]1Cc2ccccc2CN1C(=O)[C@@H]1Cc2ccccc2CN1C(N)=O. The summed E-state index contributed by atoms with van der Waals surface area (Å²) in [5.74, 6) is -2.26. The molecule has 0 saturated heterocycles. The number of hydrogen-bond donors (Lipinski definition) is 6. The molecule has 3 aliphatic heterocycles. The third-order valence-corrected chi connectivity index (χ3v) is 10.8. The first-order valence-corrected chi connectivity index (χ1v) is 18.0. The van der Waals surface area contributed by atoms with Crippen molar-refractivity contribution in [2.24, 2.45) is 27.9 Å². The van der Waals surface area contributed by atoms with Gasteiger partial charge in [0.15, 0.2) is 5.96 Å². The first kappa shape index (κ1) is 36.0. The molecule has 4 aromatic rings. The number of nitrogens with two attached hydrogens (primary N) is 4. The third kappa shape index (κ3) is 7.04. The summed E-state index contributed by atoms with van der Waals surface area (Å²) in [5.41, 5.74) is 29.0. The molecule has 0 saturated carbocycles. The number of nitrogens with zero attached hydrogens (tertiary/aromatic N) is 4. The minimum Gasteiger partial charge on any atom is -0.370 e. The van der Waals surface area contributed by atoms with Crippen LogP contribution < -0.4 is 28.3 Å². The number of carbonyl (C=O) groups excluding carboxylic acids is 5. The molecule has 10 N–H and O–H groups in total. The number of H-pyrrole nitrogens is 1. The topological polar surface area (TPSA) is 239 Å². The Balaban J connectivity index is 1.19. The van der Waals surface area contributed by atoms with Crippen LogP contribution in [0.15, 0.2) is 77.8 Å². The van der Waals surface area contributed by atoms with Crippen LogP contribution in [-0.2, 0) is 58.1 Å². The van der Waals surface area contributed by atoms with E-state index in [0.29, 0.717) is 6.42 Å². The average Bonchev–Trinajstić information content (AvgIpc) is 3.54. The Morgan fingerprint density at radius 1 is 0.722 bits per heavy atom. The molecule has 54 heavy (non-hydrogen) atoms. The van der Waals surface area contributed by atoms with Gasteiger partial charge in [0, 0.05) is 55.5 Å². The zero-order valence-electron chi connectivity index (χ0n) is 29.7. The Labute approximate surface area is 311 Å². The quantitative estimate of drug-likeness (QED) is 0.0825. The van der Waals surface area contributed by atoms with Crippen LogP contribution in [0.25, 0.3) is 10.9 Å². The van der Waals surface area contributed by atoms with E-state index < -0.39 is 53.8 Å². The van der Waals surface area contributed by atoms with Crippen LogP contribution in [0.4, 0.5) is 4.79 Å². The van der Waals surface area contributed by atoms with E-state index in [-0.39, 0.29) is 57.8 Å². The van der Waals surface area contributed by atoms with E-state index in [1.54, 1.807) is 0 Å². The van der Waals surface area contributed by atoms with Crippen molar-refractivity contribution in [3.8, 4) is 0 Å². The summed E-state index contributed by atoms with van der Waals surface area (Å²) in [5, 5.41) is 3.90. The largest absolute Gasteiger partial charge is 0.370 e. The molecule has 0 fully saturated rings. The highest BCUT2D eigenvalue weighted by atomic mass is 16.2. The first-order valence-electron chi connectivity index (χ1n) is 18.0. The van der Waals surface area contributed by atoms with Gasteiger partial charge in [-0.2, -0.15) is 0 Å². The second-order valence-corrected chi connectivity index (χ2v) is 14.1. The molecule has 1 aromatic heterocycles. The maximum absolute atomic E-state index is 14.6. The molecule has 0 spiro atoms. The Morgan fingerprint density at radius 2 is 1.33 bits per heavy atom. The van der Waals surface area contributed by atoms with Crippen LogP contribution in [0.3, 0.4) is 0 Å². The minimum atomic E-state index is -1.11. The van der Waals surface area contributed by atoms with E-state index in [0.717, 1.165) is 44.4 Å². The molecule has 0 aliphatic carbocycles. The van der Waals surface area contributed by atoms with Gasteiger partial charge < -0.3 is 47.9 Å². The molecule has 4 heterocycles. The molecule has 0 radical (unpaired) electrons. The van der Waals surface area contributed by atoms with E-state index in [1.165, 1.54) is 14.7 Å². The summed E-state index contributed by atoms with van der Waals surface area (Å²) in [6.07, 6.45) is 1.07. The number of benzene rings is 3. The number of urea groups is 1. The predicted octanol–water partition coefficient (Wildman–Crippen LogP) is 0.904. The predicted molar refractivity (Wildman–Crippen MR) is 201 cm³/mol. The summed E-state index contributed by atoms with van der Waals surface area (Å²) in [4.78, 5) is 80.9. The first-order chi connectivity index (χ1) is 26.0. The zero-order valence-corrected chi connectivity index (χ0v) is 29.7. The number of aromatic nitrogens is 1. The van der Waals surface area contributed by atoms with Crippen LogP contribution in [0.1, 0.15) is 46.4 Å². The van der Waals surface area contributed by atoms with Gasteiger partial charge in [-0.05, 0) is 46.7 Å². The van der Waals surface area contributed by atoms with E-state index in [2.05, 4.69) is 15.3 Å². The van der Waals surface area contributed by atoms with Gasteiger partial charge in [0.1, 0.15) is 24.2 Å². The molecule has 0 bridgehead atoms. The molecule has 7 rings (SSSR count). The fourth-order valence-corrected chi connectivity index (χ4v) is 8.08. The molecular weight excluding hydrogens is 688 g/mol. The van der Waals surface area contributed by atoms with Crippen LogP contribution in [0, 0.1) is 0 Å². The molecule has 6 amide bonds. The second kappa shape index (κ2) is 14.9. The van der Waals surface area contributed by atoms with Crippen molar-refractivity contribution in [2.75, 3.05) is 6.54 Å². The molecule has 15 heteroatoms. The number of rotatable bonds is 9. The van der Waals surface area contributed by atoms with Crippen molar-refractivity contribution < 1.29 is 24.0 Å². The summed E-state index contributed by atoms with van der Waals surface area (Å²) in [7, 11) is 0. The van der Waals surface area contributed by atoms with Crippen LogP contribution in [0.5, 0.6) is 0 Å². The van der Waals surface area contributed by atoms with Gasteiger partial charge in [-0.25, -0.2) is 4.79 Å². The van der Waals surface area contributed by atoms with Gasteiger partial charge in [-0.15, -0.1) is 0 Å². The maximum Gasteiger partial charge on any atom is 0.315 e. The van der Waals surface area contributed by atoms with E-state index in [4.69, 9.17) is 22.9 Å². The van der Waals surface area contributed by atoms with Crippen molar-refractivity contribution in [1.29, 1.82) is 0 Å². The number of nitrogens with one attached hydrogen (secondary N) is 2. The summed E-state index contributed by atoms with van der Waals surface area (Å²) >= 11 is 0. The molecule has 280 valence electrons. The number of hydrogen-bond acceptors (Lipinski definition) is 6. The maximum atomic E-state index is 14.6. The summed E-state index contributed by atoms with van der Waals surface area (Å²) in [6, 6.07) is 18.0. The summed E-state index contributed by atoms with van der Waals surface area (Å²) < 4.78 is 0. The third-order valence-electron chi connectivity index (χ3n) is 10.8. The lowest BCUT2D eigenvalue weighted by molar-refractivity contribution is -0.148. The molecule has 3 aliphatic rings. The second-order valence-electron chi connectivity index (χ2n) is 14.1. The van der Waals surface area contributed by atoms with Crippen LogP contribution >= 0.6 is 0 Å². The van der Waals surface area contributed by atoms with Gasteiger partial charge in [0.25, 0.3) is 0 Å².